The molecule has 36 heavy (non-hydrogen) atoms. The average molecular weight is 480 g/mol. The van der Waals surface area contributed by atoms with Gasteiger partial charge in [0.1, 0.15) is 30.5 Å². The molecule has 0 atom stereocenters. The molecule has 0 radical (unpaired) electrons. The van der Waals surface area contributed by atoms with Crippen LogP contribution in [-0.4, -0.2) is 11.9 Å². The van der Waals surface area contributed by atoms with Crippen molar-refractivity contribution >= 4 is 17.9 Å². The molecule has 5 rings (SSSR count). The lowest BCUT2D eigenvalue weighted by atomic mass is 10.1. The van der Waals surface area contributed by atoms with Gasteiger partial charge in [0.25, 0.3) is 0 Å². The summed E-state index contributed by atoms with van der Waals surface area (Å²) in [6.07, 6.45) is 1.59. The van der Waals surface area contributed by atoms with E-state index in [9.17, 15) is 9.18 Å². The van der Waals surface area contributed by atoms with Crippen LogP contribution in [0.3, 0.4) is 0 Å². The van der Waals surface area contributed by atoms with Crippen molar-refractivity contribution in [1.29, 1.82) is 0 Å². The standard InChI is InChI=1S/C30H22FNO4/c31-25-13-7-12-24(16-25)29-32-27(30(33)36-29)17-23-14-15-26(34-19-21-8-3-1-4-9-21)18-28(23)35-20-22-10-5-2-6-11-22/h1-18H,19-20H2/b27-17+. The molecule has 0 saturated heterocycles. The van der Waals surface area contributed by atoms with Gasteiger partial charge in [-0.05, 0) is 47.5 Å². The highest BCUT2D eigenvalue weighted by Crippen LogP contribution is 2.30. The quantitative estimate of drug-likeness (QED) is 0.219. The van der Waals surface area contributed by atoms with Gasteiger partial charge in [-0.1, -0.05) is 66.7 Å². The summed E-state index contributed by atoms with van der Waals surface area (Å²) in [6.45, 7) is 0.744. The van der Waals surface area contributed by atoms with Crippen LogP contribution >= 0.6 is 0 Å². The third-order valence-electron chi connectivity index (χ3n) is 5.45. The van der Waals surface area contributed by atoms with E-state index in [1.807, 2.05) is 66.7 Å². The maximum absolute atomic E-state index is 13.6. The summed E-state index contributed by atoms with van der Waals surface area (Å²) >= 11 is 0. The minimum Gasteiger partial charge on any atom is -0.489 e. The van der Waals surface area contributed by atoms with Crippen molar-refractivity contribution in [3.05, 3.63) is 137 Å². The number of ether oxygens (including phenoxy) is 3. The van der Waals surface area contributed by atoms with Crippen molar-refractivity contribution in [2.75, 3.05) is 0 Å². The van der Waals surface area contributed by atoms with Gasteiger partial charge in [0, 0.05) is 17.2 Å². The molecule has 5 nitrogen and oxygen atoms in total. The number of benzene rings is 4. The van der Waals surface area contributed by atoms with Gasteiger partial charge in [-0.3, -0.25) is 0 Å². The third-order valence-corrected chi connectivity index (χ3v) is 5.45. The largest absolute Gasteiger partial charge is 0.489 e. The molecule has 0 aromatic heterocycles. The molecule has 6 heteroatoms. The van der Waals surface area contributed by atoms with Crippen LogP contribution in [-0.2, 0) is 22.7 Å². The summed E-state index contributed by atoms with van der Waals surface area (Å²) in [7, 11) is 0. The highest BCUT2D eigenvalue weighted by atomic mass is 19.1. The molecule has 1 heterocycles. The van der Waals surface area contributed by atoms with Crippen LogP contribution in [0, 0.1) is 5.82 Å². The molecule has 0 spiro atoms. The SMILES string of the molecule is O=C1OC(c2cccc(F)c2)=N/C1=C/c1ccc(OCc2ccccc2)cc1OCc1ccccc1. The van der Waals surface area contributed by atoms with E-state index >= 15 is 0 Å². The van der Waals surface area contributed by atoms with Crippen molar-refractivity contribution < 1.29 is 23.4 Å². The van der Waals surface area contributed by atoms with E-state index in [-0.39, 0.29) is 11.6 Å². The Hall–Kier alpha value is -4.71. The minimum absolute atomic E-state index is 0.0559. The zero-order valence-corrected chi connectivity index (χ0v) is 19.3. The van der Waals surface area contributed by atoms with E-state index in [4.69, 9.17) is 14.2 Å². The summed E-state index contributed by atoms with van der Waals surface area (Å²) < 4.78 is 31.0. The first-order chi connectivity index (χ1) is 17.6. The molecule has 4 aromatic rings. The fourth-order valence-corrected chi connectivity index (χ4v) is 3.63. The van der Waals surface area contributed by atoms with Crippen LogP contribution in [0.25, 0.3) is 6.08 Å². The topological polar surface area (TPSA) is 57.1 Å². The molecule has 1 aliphatic rings. The molecule has 0 aliphatic carbocycles. The molecule has 0 unspecified atom stereocenters. The first-order valence-corrected chi connectivity index (χ1v) is 11.4. The maximum atomic E-state index is 13.6. The molecule has 1 aliphatic heterocycles. The van der Waals surface area contributed by atoms with Crippen LogP contribution in [0.1, 0.15) is 22.3 Å². The lowest BCUT2D eigenvalue weighted by Gasteiger charge is -2.13. The second-order valence-electron chi connectivity index (χ2n) is 8.09. The molecular weight excluding hydrogens is 457 g/mol. The predicted molar refractivity (Wildman–Crippen MR) is 135 cm³/mol. The van der Waals surface area contributed by atoms with E-state index in [1.54, 1.807) is 24.3 Å². The Labute approximate surface area is 208 Å². The third kappa shape index (κ3) is 5.67. The first kappa shape index (κ1) is 23.1. The highest BCUT2D eigenvalue weighted by molar-refractivity contribution is 6.12. The van der Waals surface area contributed by atoms with Crippen molar-refractivity contribution in [2.45, 2.75) is 13.2 Å². The monoisotopic (exact) mass is 479 g/mol. The number of nitrogens with zero attached hydrogens (tertiary/aromatic N) is 1. The Bertz CT molecular complexity index is 1430. The molecule has 0 fully saturated rings. The van der Waals surface area contributed by atoms with E-state index in [1.165, 1.54) is 18.2 Å². The Kier molecular flexibility index (Phi) is 6.85. The van der Waals surface area contributed by atoms with Gasteiger partial charge in [0.2, 0.25) is 5.90 Å². The van der Waals surface area contributed by atoms with Gasteiger partial charge < -0.3 is 14.2 Å². The summed E-state index contributed by atoms with van der Waals surface area (Å²) in [5.41, 5.74) is 3.16. The van der Waals surface area contributed by atoms with E-state index in [0.717, 1.165) is 11.1 Å². The first-order valence-electron chi connectivity index (χ1n) is 11.4. The minimum atomic E-state index is -0.618. The molecule has 4 aromatic carbocycles. The summed E-state index contributed by atoms with van der Waals surface area (Å²) in [5, 5.41) is 0. The smallest absolute Gasteiger partial charge is 0.363 e. The van der Waals surface area contributed by atoms with E-state index < -0.39 is 11.8 Å². The normalized spacial score (nSPS) is 13.9. The Morgan fingerprint density at radius 3 is 2.17 bits per heavy atom. The van der Waals surface area contributed by atoms with Gasteiger partial charge in [-0.25, -0.2) is 14.2 Å². The van der Waals surface area contributed by atoms with Crippen LogP contribution in [0.15, 0.2) is 114 Å². The fraction of sp³-hybridized carbons (Fsp3) is 0.0667. The molecule has 0 N–H and O–H groups in total. The Morgan fingerprint density at radius 2 is 1.47 bits per heavy atom. The van der Waals surface area contributed by atoms with Crippen LogP contribution in [0.2, 0.25) is 0 Å². The van der Waals surface area contributed by atoms with Gasteiger partial charge in [0.05, 0.1) is 0 Å². The number of halogens is 1. The predicted octanol–water partition coefficient (Wildman–Crippen LogP) is 6.33. The van der Waals surface area contributed by atoms with Crippen LogP contribution in [0.5, 0.6) is 11.5 Å². The van der Waals surface area contributed by atoms with Gasteiger partial charge in [-0.2, -0.15) is 0 Å². The Balaban J connectivity index is 1.42. The van der Waals surface area contributed by atoms with Crippen molar-refractivity contribution in [3.8, 4) is 11.5 Å². The lowest BCUT2D eigenvalue weighted by Crippen LogP contribution is -2.05. The molecule has 0 amide bonds. The summed E-state index contributed by atoms with van der Waals surface area (Å²) in [6, 6.07) is 30.8. The molecular formula is C30H22FNO4. The molecule has 0 saturated carbocycles. The van der Waals surface area contributed by atoms with Crippen LogP contribution < -0.4 is 9.47 Å². The second-order valence-corrected chi connectivity index (χ2v) is 8.09. The number of hydrogen-bond acceptors (Lipinski definition) is 5. The molecule has 178 valence electrons. The average Bonchev–Trinajstić information content (AvgIpc) is 3.28. The zero-order valence-electron chi connectivity index (χ0n) is 19.3. The van der Waals surface area contributed by atoms with Crippen molar-refractivity contribution in [2.24, 2.45) is 4.99 Å². The number of hydrogen-bond donors (Lipinski definition) is 0. The highest BCUT2D eigenvalue weighted by Gasteiger charge is 2.25. The zero-order chi connectivity index (χ0) is 24.7. The van der Waals surface area contributed by atoms with Gasteiger partial charge >= 0.3 is 5.97 Å². The van der Waals surface area contributed by atoms with E-state index in [2.05, 4.69) is 4.99 Å². The number of carbonyl (C=O) groups is 1. The van der Waals surface area contributed by atoms with Gasteiger partial charge in [0.15, 0.2) is 5.70 Å². The fourth-order valence-electron chi connectivity index (χ4n) is 3.63. The van der Waals surface area contributed by atoms with Crippen molar-refractivity contribution in [1.82, 2.24) is 0 Å². The maximum Gasteiger partial charge on any atom is 0.363 e. The van der Waals surface area contributed by atoms with E-state index in [0.29, 0.717) is 35.8 Å². The van der Waals surface area contributed by atoms with Gasteiger partial charge in [-0.15, -0.1) is 0 Å². The number of cyclic esters (lactones) is 1. The summed E-state index contributed by atoms with van der Waals surface area (Å²) in [4.78, 5) is 16.8. The van der Waals surface area contributed by atoms with Crippen LogP contribution in [0.4, 0.5) is 4.39 Å². The molecule has 0 bridgehead atoms. The number of esters is 1. The number of carbonyl (C=O) groups excluding carboxylic acids is 1. The summed E-state index contributed by atoms with van der Waals surface area (Å²) in [5.74, 6) is 0.153. The Morgan fingerprint density at radius 1 is 0.778 bits per heavy atom. The lowest BCUT2D eigenvalue weighted by molar-refractivity contribution is -0.129. The number of aliphatic imine (C=N–C) groups is 1. The number of rotatable bonds is 8. The van der Waals surface area contributed by atoms with Crippen molar-refractivity contribution in [3.63, 3.8) is 0 Å². The second kappa shape index (κ2) is 10.7.